The lowest BCUT2D eigenvalue weighted by Crippen LogP contribution is -2.45. The lowest BCUT2D eigenvalue weighted by atomic mass is 9.89. The van der Waals surface area contributed by atoms with Crippen molar-refractivity contribution in [3.05, 3.63) is 104 Å². The third kappa shape index (κ3) is 4.83. The van der Waals surface area contributed by atoms with Crippen LogP contribution in [0.5, 0.6) is 0 Å². The van der Waals surface area contributed by atoms with Gasteiger partial charge in [0.25, 0.3) is 0 Å². The lowest BCUT2D eigenvalue weighted by Gasteiger charge is -2.36. The van der Waals surface area contributed by atoms with Crippen molar-refractivity contribution in [2.75, 3.05) is 6.61 Å². The van der Waals surface area contributed by atoms with Gasteiger partial charge in [0.2, 0.25) is 10.0 Å². The normalized spacial score (nSPS) is 12.9. The molecule has 0 fully saturated rings. The maximum Gasteiger partial charge on any atom is 0.241 e. The first kappa shape index (κ1) is 20.8. The Kier molecular flexibility index (Phi) is 6.91. The van der Waals surface area contributed by atoms with Crippen LogP contribution in [0.1, 0.15) is 17.2 Å². The van der Waals surface area contributed by atoms with E-state index in [9.17, 15) is 8.42 Å². The number of ether oxygens (including phenoxy) is 1. The lowest BCUT2D eigenvalue weighted by molar-refractivity contribution is 0.0225. The van der Waals surface area contributed by atoms with Crippen LogP contribution in [-0.2, 0) is 14.8 Å². The van der Waals surface area contributed by atoms with Gasteiger partial charge in [-0.3, -0.25) is 0 Å². The fourth-order valence-electron chi connectivity index (χ4n) is 2.73. The molecule has 5 heteroatoms. The van der Waals surface area contributed by atoms with Crippen LogP contribution in [0.15, 0.2) is 97.5 Å². The molecule has 0 unspecified atom stereocenters. The van der Waals surface area contributed by atoms with Crippen molar-refractivity contribution in [2.45, 2.75) is 23.5 Å². The van der Waals surface area contributed by atoms with E-state index in [1.807, 2.05) is 37.3 Å². The molecule has 1 atom stereocenters. The SMILES string of the molecule is C=CCOC(C=C)(C=C)[C@@H](NS(=O)(=O)c1ccc(C)cc1)c1ccccc1. The van der Waals surface area contributed by atoms with Crippen LogP contribution in [-0.4, -0.2) is 20.6 Å². The van der Waals surface area contributed by atoms with Gasteiger partial charge in [0.05, 0.1) is 17.5 Å². The smallest absolute Gasteiger partial charge is 0.241 e. The molecule has 2 aromatic rings. The summed E-state index contributed by atoms with van der Waals surface area (Å²) in [5.74, 6) is 0. The summed E-state index contributed by atoms with van der Waals surface area (Å²) in [5, 5.41) is 0. The highest BCUT2D eigenvalue weighted by molar-refractivity contribution is 7.89. The van der Waals surface area contributed by atoms with E-state index in [1.165, 1.54) is 0 Å². The van der Waals surface area contributed by atoms with E-state index in [-0.39, 0.29) is 11.5 Å². The minimum atomic E-state index is -3.80. The van der Waals surface area contributed by atoms with Crippen LogP contribution in [0.25, 0.3) is 0 Å². The Balaban J connectivity index is 2.52. The first-order chi connectivity index (χ1) is 12.9. The fraction of sp³-hybridized carbons (Fsp3) is 0.182. The fourth-order valence-corrected chi connectivity index (χ4v) is 3.99. The van der Waals surface area contributed by atoms with Gasteiger partial charge in [0.15, 0.2) is 0 Å². The molecule has 0 aliphatic carbocycles. The second kappa shape index (κ2) is 8.95. The van der Waals surface area contributed by atoms with Gasteiger partial charge in [-0.05, 0) is 24.6 Å². The second-order valence-electron chi connectivity index (χ2n) is 6.14. The Labute approximate surface area is 161 Å². The summed E-state index contributed by atoms with van der Waals surface area (Å²) in [5.41, 5.74) is 0.569. The first-order valence-electron chi connectivity index (χ1n) is 8.54. The molecule has 0 radical (unpaired) electrons. The molecule has 0 saturated heterocycles. The third-order valence-corrected chi connectivity index (χ3v) is 5.72. The topological polar surface area (TPSA) is 55.4 Å². The van der Waals surface area contributed by atoms with Gasteiger partial charge >= 0.3 is 0 Å². The molecular formula is C22H25NO3S. The van der Waals surface area contributed by atoms with Crippen molar-refractivity contribution in [1.82, 2.24) is 4.72 Å². The number of nitrogens with one attached hydrogen (secondary N) is 1. The quantitative estimate of drug-likeness (QED) is 0.622. The molecule has 4 nitrogen and oxygen atoms in total. The van der Waals surface area contributed by atoms with Crippen molar-refractivity contribution in [2.24, 2.45) is 0 Å². The van der Waals surface area contributed by atoms with Gasteiger partial charge < -0.3 is 4.74 Å². The van der Waals surface area contributed by atoms with Gasteiger partial charge in [-0.1, -0.05) is 79.4 Å². The minimum absolute atomic E-state index is 0.180. The van der Waals surface area contributed by atoms with E-state index in [0.717, 1.165) is 11.1 Å². The predicted octanol–water partition coefficient (Wildman–Crippen LogP) is 4.33. The Morgan fingerprint density at radius 3 is 2.15 bits per heavy atom. The van der Waals surface area contributed by atoms with E-state index in [4.69, 9.17) is 4.74 Å². The molecular weight excluding hydrogens is 358 g/mol. The highest BCUT2D eigenvalue weighted by Gasteiger charge is 2.38. The monoisotopic (exact) mass is 383 g/mol. The third-order valence-electron chi connectivity index (χ3n) is 4.28. The molecule has 0 saturated carbocycles. The minimum Gasteiger partial charge on any atom is -0.361 e. The molecule has 0 aliphatic heterocycles. The van der Waals surface area contributed by atoms with Crippen LogP contribution in [0.4, 0.5) is 0 Å². The van der Waals surface area contributed by atoms with Gasteiger partial charge in [0.1, 0.15) is 5.60 Å². The van der Waals surface area contributed by atoms with Crippen molar-refractivity contribution in [3.8, 4) is 0 Å². The molecule has 27 heavy (non-hydrogen) atoms. The Bertz CT molecular complexity index is 879. The number of hydrogen-bond donors (Lipinski definition) is 1. The largest absolute Gasteiger partial charge is 0.361 e. The van der Waals surface area contributed by atoms with E-state index in [2.05, 4.69) is 24.5 Å². The van der Waals surface area contributed by atoms with E-state index in [0.29, 0.717) is 0 Å². The van der Waals surface area contributed by atoms with Crippen LogP contribution in [0, 0.1) is 6.92 Å². The van der Waals surface area contributed by atoms with Crippen molar-refractivity contribution in [1.29, 1.82) is 0 Å². The van der Waals surface area contributed by atoms with Crippen LogP contribution >= 0.6 is 0 Å². The zero-order valence-corrected chi connectivity index (χ0v) is 16.3. The Morgan fingerprint density at radius 1 is 1.04 bits per heavy atom. The molecule has 0 heterocycles. The molecule has 0 bridgehead atoms. The van der Waals surface area contributed by atoms with Crippen molar-refractivity contribution < 1.29 is 13.2 Å². The number of sulfonamides is 1. The summed E-state index contributed by atoms with van der Waals surface area (Å²) >= 11 is 0. The van der Waals surface area contributed by atoms with Gasteiger partial charge in [-0.2, -0.15) is 0 Å². The summed E-state index contributed by atoms with van der Waals surface area (Å²) in [6.45, 7) is 13.5. The molecule has 0 aliphatic rings. The van der Waals surface area contributed by atoms with Gasteiger partial charge in [0, 0.05) is 0 Å². The summed E-state index contributed by atoms with van der Waals surface area (Å²) in [6.07, 6.45) is 4.70. The van der Waals surface area contributed by atoms with Crippen LogP contribution < -0.4 is 4.72 Å². The number of rotatable bonds is 10. The zero-order chi connectivity index (χ0) is 19.9. The summed E-state index contributed by atoms with van der Waals surface area (Å²) in [4.78, 5) is 0.180. The molecule has 2 aromatic carbocycles. The number of benzene rings is 2. The molecule has 0 spiro atoms. The van der Waals surface area contributed by atoms with Crippen LogP contribution in [0.2, 0.25) is 0 Å². The van der Waals surface area contributed by atoms with E-state index < -0.39 is 21.7 Å². The molecule has 1 N–H and O–H groups in total. The average Bonchev–Trinajstić information content (AvgIpc) is 2.69. The van der Waals surface area contributed by atoms with Gasteiger partial charge in [-0.15, -0.1) is 6.58 Å². The van der Waals surface area contributed by atoms with Crippen molar-refractivity contribution in [3.63, 3.8) is 0 Å². The predicted molar refractivity (Wildman–Crippen MR) is 110 cm³/mol. The number of hydrogen-bond acceptors (Lipinski definition) is 3. The van der Waals surface area contributed by atoms with Crippen LogP contribution in [0.3, 0.4) is 0 Å². The molecule has 142 valence electrons. The van der Waals surface area contributed by atoms with E-state index in [1.54, 1.807) is 42.5 Å². The Morgan fingerprint density at radius 2 is 1.63 bits per heavy atom. The first-order valence-corrected chi connectivity index (χ1v) is 10.0. The highest BCUT2D eigenvalue weighted by atomic mass is 32.2. The van der Waals surface area contributed by atoms with E-state index >= 15 is 0 Å². The maximum atomic E-state index is 13.0. The second-order valence-corrected chi connectivity index (χ2v) is 7.85. The van der Waals surface area contributed by atoms with Crippen molar-refractivity contribution >= 4 is 10.0 Å². The summed E-state index contributed by atoms with van der Waals surface area (Å²) < 4.78 is 34.7. The summed E-state index contributed by atoms with van der Waals surface area (Å²) in [6, 6.07) is 15.1. The number of aryl methyl sites for hydroxylation is 1. The maximum absolute atomic E-state index is 13.0. The Hall–Kier alpha value is -2.47. The zero-order valence-electron chi connectivity index (χ0n) is 15.5. The van der Waals surface area contributed by atoms with Gasteiger partial charge in [-0.25, -0.2) is 13.1 Å². The molecule has 0 aromatic heterocycles. The summed E-state index contributed by atoms with van der Waals surface area (Å²) in [7, 11) is -3.80. The molecule has 0 amide bonds. The highest BCUT2D eigenvalue weighted by Crippen LogP contribution is 2.33. The molecule has 2 rings (SSSR count). The standard InChI is InChI=1S/C22H25NO3S/c1-5-17-26-22(6-2,7-3)21(19-11-9-8-10-12-19)23-27(24,25)20-15-13-18(4)14-16-20/h5-16,21,23H,1-3,17H2,4H3/t21-/m0/s1. The average molecular weight is 384 g/mol.